The molecule has 2 aromatic heterocycles. The smallest absolute Gasteiger partial charge is 0.261 e. The van der Waals surface area contributed by atoms with Crippen LogP contribution in [-0.4, -0.2) is 41.6 Å². The number of rotatable bonds is 3. The fraction of sp³-hybridized carbons (Fsp3) is 0.550. The molecule has 0 bridgehead atoms. The first-order valence-corrected chi connectivity index (χ1v) is 10.8. The Balaban J connectivity index is 1.36. The second kappa shape index (κ2) is 6.70. The Morgan fingerprint density at radius 3 is 2.82 bits per heavy atom. The lowest BCUT2D eigenvalue weighted by molar-refractivity contribution is -0.0735. The molecule has 2 fully saturated rings. The molecule has 7 nitrogen and oxygen atoms in total. The first kappa shape index (κ1) is 17.9. The number of anilines is 2. The van der Waals surface area contributed by atoms with Gasteiger partial charge in [-0.2, -0.15) is 4.98 Å². The van der Waals surface area contributed by atoms with Gasteiger partial charge in [-0.25, -0.2) is 4.98 Å². The topological polar surface area (TPSA) is 93.4 Å². The van der Waals surface area contributed by atoms with Gasteiger partial charge in [-0.1, -0.05) is 0 Å². The maximum Gasteiger partial charge on any atom is 0.261 e. The average Bonchev–Trinajstić information content (AvgIpc) is 3.36. The number of thiophene rings is 1. The van der Waals surface area contributed by atoms with Crippen molar-refractivity contribution in [2.75, 3.05) is 30.3 Å². The summed E-state index contributed by atoms with van der Waals surface area (Å²) in [6.07, 6.45) is 4.86. The van der Waals surface area contributed by atoms with E-state index in [1.807, 2.05) is 13.0 Å². The fourth-order valence-electron chi connectivity index (χ4n) is 4.22. The molecular formula is C20H25N5O2S. The molecule has 2 aromatic rings. The largest absolute Gasteiger partial charge is 0.369 e. The summed E-state index contributed by atoms with van der Waals surface area (Å²) in [5, 5.41) is 3.11. The Hall–Kier alpha value is -2.19. The Bertz CT molecular complexity index is 895. The number of aromatic nitrogens is 2. The van der Waals surface area contributed by atoms with Crippen molar-refractivity contribution < 1.29 is 9.53 Å². The number of nitrogens with zero attached hydrogens (tertiary/aromatic N) is 3. The molecule has 3 aliphatic rings. The zero-order chi connectivity index (χ0) is 19.3. The number of nitrogens with one attached hydrogen (secondary N) is 1. The second-order valence-corrected chi connectivity index (χ2v) is 9.07. The van der Waals surface area contributed by atoms with Crippen molar-refractivity contribution in [2.24, 2.45) is 0 Å². The van der Waals surface area contributed by atoms with E-state index in [9.17, 15) is 4.79 Å². The van der Waals surface area contributed by atoms with Gasteiger partial charge >= 0.3 is 0 Å². The van der Waals surface area contributed by atoms with E-state index in [1.54, 1.807) is 11.3 Å². The summed E-state index contributed by atoms with van der Waals surface area (Å²) in [5.74, 6) is 1.27. The van der Waals surface area contributed by atoms with Crippen LogP contribution in [0.5, 0.6) is 0 Å². The minimum absolute atomic E-state index is 0.0708. The molecule has 0 radical (unpaired) electrons. The molecule has 1 spiro atoms. The summed E-state index contributed by atoms with van der Waals surface area (Å²) in [6.45, 7) is 4.34. The second-order valence-electron chi connectivity index (χ2n) is 8.02. The number of ether oxygens (including phenoxy) is 1. The van der Waals surface area contributed by atoms with Crippen molar-refractivity contribution in [3.05, 3.63) is 33.1 Å². The summed E-state index contributed by atoms with van der Waals surface area (Å²) < 4.78 is 6.35. The van der Waals surface area contributed by atoms with Crippen molar-refractivity contribution in [1.29, 1.82) is 0 Å². The number of aryl methyl sites for hydroxylation is 1. The van der Waals surface area contributed by atoms with E-state index in [1.165, 1.54) is 10.4 Å². The van der Waals surface area contributed by atoms with Crippen LogP contribution in [0.4, 0.5) is 11.8 Å². The molecule has 3 N–H and O–H groups in total. The van der Waals surface area contributed by atoms with Gasteiger partial charge in [-0.3, -0.25) is 4.79 Å². The first-order valence-electron chi connectivity index (χ1n) is 9.96. The minimum Gasteiger partial charge on any atom is -0.369 e. The zero-order valence-corrected chi connectivity index (χ0v) is 16.8. The molecule has 28 heavy (non-hydrogen) atoms. The Labute approximate surface area is 168 Å². The van der Waals surface area contributed by atoms with Crippen molar-refractivity contribution in [2.45, 2.75) is 50.7 Å². The predicted octanol–water partition coefficient (Wildman–Crippen LogP) is 2.39. The van der Waals surface area contributed by atoms with E-state index in [0.29, 0.717) is 18.6 Å². The molecule has 1 aliphatic carbocycles. The average molecular weight is 400 g/mol. The number of nitrogens with two attached hydrogens (primary N) is 1. The van der Waals surface area contributed by atoms with Gasteiger partial charge in [0.15, 0.2) is 0 Å². The van der Waals surface area contributed by atoms with Crippen LogP contribution in [0.2, 0.25) is 0 Å². The molecule has 5 rings (SSSR count). The van der Waals surface area contributed by atoms with Gasteiger partial charge in [0.25, 0.3) is 5.91 Å². The van der Waals surface area contributed by atoms with E-state index >= 15 is 0 Å². The van der Waals surface area contributed by atoms with E-state index in [2.05, 4.69) is 26.3 Å². The van der Waals surface area contributed by atoms with Gasteiger partial charge in [-0.05, 0) is 50.7 Å². The van der Waals surface area contributed by atoms with Gasteiger partial charge in [0.2, 0.25) is 5.95 Å². The number of piperidine rings is 1. The lowest BCUT2D eigenvalue weighted by Crippen LogP contribution is -2.46. The number of nitrogen functional groups attached to an aromatic ring is 1. The Morgan fingerprint density at radius 2 is 2.11 bits per heavy atom. The summed E-state index contributed by atoms with van der Waals surface area (Å²) in [4.78, 5) is 25.4. The lowest BCUT2D eigenvalue weighted by Gasteiger charge is -2.44. The maximum absolute atomic E-state index is 12.5. The van der Waals surface area contributed by atoms with Crippen molar-refractivity contribution in [1.82, 2.24) is 15.3 Å². The summed E-state index contributed by atoms with van der Waals surface area (Å²) >= 11 is 1.62. The van der Waals surface area contributed by atoms with E-state index in [-0.39, 0.29) is 11.5 Å². The van der Waals surface area contributed by atoms with Crippen molar-refractivity contribution in [3.63, 3.8) is 0 Å². The lowest BCUT2D eigenvalue weighted by atomic mass is 9.85. The number of hydrogen-bond donors (Lipinski definition) is 2. The number of carbonyl (C=O) groups is 1. The quantitative estimate of drug-likeness (QED) is 0.823. The highest BCUT2D eigenvalue weighted by Crippen LogP contribution is 2.46. The number of amides is 1. The molecule has 8 heteroatoms. The molecule has 4 heterocycles. The predicted molar refractivity (Wildman–Crippen MR) is 109 cm³/mol. The van der Waals surface area contributed by atoms with Crippen LogP contribution in [0, 0.1) is 6.92 Å². The normalized spacial score (nSPS) is 20.8. The Kier molecular flexibility index (Phi) is 4.28. The van der Waals surface area contributed by atoms with Gasteiger partial charge in [0.05, 0.1) is 11.5 Å². The maximum atomic E-state index is 12.5. The van der Waals surface area contributed by atoms with Gasteiger partial charge in [-0.15, -0.1) is 11.3 Å². The number of hydrogen-bond acceptors (Lipinski definition) is 7. The zero-order valence-electron chi connectivity index (χ0n) is 16.0. The van der Waals surface area contributed by atoms with E-state index < -0.39 is 0 Å². The highest BCUT2D eigenvalue weighted by atomic mass is 32.1. The van der Waals surface area contributed by atoms with Gasteiger partial charge in [0.1, 0.15) is 11.4 Å². The van der Waals surface area contributed by atoms with Crippen LogP contribution < -0.4 is 16.0 Å². The third kappa shape index (κ3) is 3.24. The summed E-state index contributed by atoms with van der Waals surface area (Å²) in [7, 11) is 0. The van der Waals surface area contributed by atoms with E-state index in [4.69, 9.17) is 10.5 Å². The van der Waals surface area contributed by atoms with Crippen LogP contribution >= 0.6 is 11.3 Å². The molecule has 1 saturated carbocycles. The highest BCUT2D eigenvalue weighted by Gasteiger charge is 2.43. The highest BCUT2D eigenvalue weighted by molar-refractivity contribution is 7.14. The summed E-state index contributed by atoms with van der Waals surface area (Å²) in [6, 6.07) is 4.44. The molecule has 1 amide bonds. The van der Waals surface area contributed by atoms with Crippen LogP contribution in [0.15, 0.2) is 12.1 Å². The third-order valence-corrected chi connectivity index (χ3v) is 7.22. The number of fused-ring (bicyclic) bond motifs is 2. The Morgan fingerprint density at radius 1 is 1.32 bits per heavy atom. The first-order chi connectivity index (χ1) is 13.5. The van der Waals surface area contributed by atoms with Gasteiger partial charge < -0.3 is 20.7 Å². The van der Waals surface area contributed by atoms with Crippen molar-refractivity contribution >= 4 is 29.0 Å². The monoisotopic (exact) mass is 399 g/mol. The molecule has 0 aromatic carbocycles. The summed E-state index contributed by atoms with van der Waals surface area (Å²) in [5.41, 5.74) is 7.71. The van der Waals surface area contributed by atoms with Crippen LogP contribution in [-0.2, 0) is 16.8 Å². The van der Waals surface area contributed by atoms with Crippen LogP contribution in [0.1, 0.15) is 51.5 Å². The fourth-order valence-corrected chi connectivity index (χ4v) is 5.54. The minimum atomic E-state index is -0.277. The van der Waals surface area contributed by atoms with Crippen molar-refractivity contribution in [3.8, 4) is 0 Å². The molecule has 0 atom stereocenters. The SMILES string of the molecule is Cc1cc(N2CCC3(CC2)OCCc2cc(C(=O)NC4CC4)sc23)nc(N)n1. The van der Waals surface area contributed by atoms with Gasteiger partial charge in [0, 0.05) is 35.8 Å². The molecular weight excluding hydrogens is 374 g/mol. The third-order valence-electron chi connectivity index (χ3n) is 5.86. The molecule has 148 valence electrons. The van der Waals surface area contributed by atoms with E-state index in [0.717, 1.165) is 61.6 Å². The van der Waals surface area contributed by atoms with Crippen LogP contribution in [0.3, 0.4) is 0 Å². The standard InChI is InChI=1S/C20H25N5O2S/c1-12-10-16(24-19(21)22-12)25-7-5-20(6-8-25)17-13(4-9-27-20)11-15(28-17)18(26)23-14-2-3-14/h10-11,14H,2-9H2,1H3,(H,23,26)(H2,21,22,24). The molecule has 2 aliphatic heterocycles. The molecule has 0 unspecified atom stereocenters. The molecule has 1 saturated heterocycles. The number of carbonyl (C=O) groups excluding carboxylic acids is 1. The van der Waals surface area contributed by atoms with Crippen LogP contribution in [0.25, 0.3) is 0 Å².